The highest BCUT2D eigenvalue weighted by Crippen LogP contribution is 2.36. The molecule has 0 saturated carbocycles. The molecule has 0 unspecified atom stereocenters. The molecule has 2 aliphatic heterocycles. The molecule has 2 aromatic rings. The van der Waals surface area contributed by atoms with Crippen LogP contribution in [0.2, 0.25) is 5.02 Å². The number of halogens is 1. The van der Waals surface area contributed by atoms with Crippen molar-refractivity contribution in [3.63, 3.8) is 0 Å². The van der Waals surface area contributed by atoms with Crippen LogP contribution < -0.4 is 5.32 Å². The van der Waals surface area contributed by atoms with E-state index in [0.717, 1.165) is 12.2 Å². The van der Waals surface area contributed by atoms with E-state index in [1.54, 1.807) is 12.1 Å². The van der Waals surface area contributed by atoms with Gasteiger partial charge in [-0.25, -0.2) is 8.42 Å². The summed E-state index contributed by atoms with van der Waals surface area (Å²) in [5, 5.41) is 3.70. The summed E-state index contributed by atoms with van der Waals surface area (Å²) in [6, 6.07) is 14.4. The fourth-order valence-electron chi connectivity index (χ4n) is 3.90. The SMILES string of the molecule is O=C(N[C@@H]1CCSc2ccccc21)C1CCN(S(=O)(=O)c2ccc(Cl)cc2)CC1. The van der Waals surface area contributed by atoms with E-state index in [1.807, 2.05) is 23.9 Å². The first-order valence-corrected chi connectivity index (χ1v) is 12.5. The van der Waals surface area contributed by atoms with Crippen LogP contribution in [0.15, 0.2) is 58.3 Å². The fraction of sp³-hybridized carbons (Fsp3) is 0.381. The van der Waals surface area contributed by atoms with Crippen molar-refractivity contribution in [2.45, 2.75) is 35.1 Å². The van der Waals surface area contributed by atoms with Crippen molar-refractivity contribution in [1.29, 1.82) is 0 Å². The third kappa shape index (κ3) is 4.48. The van der Waals surface area contributed by atoms with Crippen LogP contribution in [-0.4, -0.2) is 37.5 Å². The Hall–Kier alpha value is -1.54. The Labute approximate surface area is 180 Å². The van der Waals surface area contributed by atoms with Crippen molar-refractivity contribution in [2.24, 2.45) is 5.92 Å². The zero-order valence-electron chi connectivity index (χ0n) is 15.9. The van der Waals surface area contributed by atoms with Gasteiger partial charge in [-0.05, 0) is 55.2 Å². The average molecular weight is 451 g/mol. The number of piperidine rings is 1. The number of carbonyl (C=O) groups excluding carboxylic acids is 1. The Bertz CT molecular complexity index is 987. The number of thioether (sulfide) groups is 1. The number of nitrogens with one attached hydrogen (secondary N) is 1. The third-order valence-electron chi connectivity index (χ3n) is 5.55. The number of hydrogen-bond donors (Lipinski definition) is 1. The summed E-state index contributed by atoms with van der Waals surface area (Å²) >= 11 is 7.68. The van der Waals surface area contributed by atoms with Gasteiger partial charge in [0.25, 0.3) is 0 Å². The van der Waals surface area contributed by atoms with Gasteiger partial charge in [0.2, 0.25) is 15.9 Å². The lowest BCUT2D eigenvalue weighted by Crippen LogP contribution is -2.44. The minimum atomic E-state index is -3.55. The van der Waals surface area contributed by atoms with E-state index in [-0.39, 0.29) is 22.8 Å². The molecule has 0 aliphatic carbocycles. The van der Waals surface area contributed by atoms with E-state index in [9.17, 15) is 13.2 Å². The maximum absolute atomic E-state index is 12.8. The first kappa shape index (κ1) is 20.7. The summed E-state index contributed by atoms with van der Waals surface area (Å²) in [6.07, 6.45) is 1.97. The molecule has 4 rings (SSSR count). The molecule has 1 N–H and O–H groups in total. The molecular formula is C21H23ClN2O3S2. The normalized spacial score (nSPS) is 20.8. The van der Waals surface area contributed by atoms with Gasteiger partial charge in [0.1, 0.15) is 0 Å². The quantitative estimate of drug-likeness (QED) is 0.761. The number of benzene rings is 2. The van der Waals surface area contributed by atoms with Crippen molar-refractivity contribution in [3.05, 3.63) is 59.1 Å². The molecule has 29 heavy (non-hydrogen) atoms. The lowest BCUT2D eigenvalue weighted by Gasteiger charge is -2.32. The highest BCUT2D eigenvalue weighted by atomic mass is 35.5. The minimum Gasteiger partial charge on any atom is -0.349 e. The van der Waals surface area contributed by atoms with Crippen LogP contribution >= 0.6 is 23.4 Å². The van der Waals surface area contributed by atoms with Crippen molar-refractivity contribution >= 4 is 39.3 Å². The molecule has 2 aromatic carbocycles. The molecule has 1 saturated heterocycles. The van der Waals surface area contributed by atoms with Crippen LogP contribution in [0.1, 0.15) is 30.9 Å². The lowest BCUT2D eigenvalue weighted by molar-refractivity contribution is -0.126. The molecule has 8 heteroatoms. The second-order valence-electron chi connectivity index (χ2n) is 7.37. The molecule has 154 valence electrons. The van der Waals surface area contributed by atoms with Crippen LogP contribution in [0.3, 0.4) is 0 Å². The highest BCUT2D eigenvalue weighted by Gasteiger charge is 2.33. The van der Waals surface area contributed by atoms with E-state index in [0.29, 0.717) is 31.0 Å². The molecule has 0 aromatic heterocycles. The predicted octanol–water partition coefficient (Wildman–Crippen LogP) is 4.09. The number of fused-ring (bicyclic) bond motifs is 1. The molecule has 0 spiro atoms. The van der Waals surface area contributed by atoms with Gasteiger partial charge in [-0.3, -0.25) is 4.79 Å². The number of sulfonamides is 1. The summed E-state index contributed by atoms with van der Waals surface area (Å²) in [6.45, 7) is 0.695. The number of amides is 1. The molecule has 0 bridgehead atoms. The third-order valence-corrected chi connectivity index (χ3v) is 8.84. The monoisotopic (exact) mass is 450 g/mol. The standard InChI is InChI=1S/C21H23ClN2O3S2/c22-16-5-7-17(8-6-16)29(26,27)24-12-9-15(10-13-24)21(25)23-19-11-14-28-20-4-2-1-3-18(19)20/h1-8,15,19H,9-14H2,(H,23,25)/t19-/m1/s1. The van der Waals surface area contributed by atoms with Gasteiger partial charge < -0.3 is 5.32 Å². The second-order valence-corrected chi connectivity index (χ2v) is 10.9. The first-order valence-electron chi connectivity index (χ1n) is 9.73. The number of rotatable bonds is 4. The van der Waals surface area contributed by atoms with Gasteiger partial charge in [0.05, 0.1) is 10.9 Å². The highest BCUT2D eigenvalue weighted by molar-refractivity contribution is 7.99. The molecule has 1 atom stereocenters. The average Bonchev–Trinajstić information content (AvgIpc) is 2.74. The summed E-state index contributed by atoms with van der Waals surface area (Å²) in [5.41, 5.74) is 1.18. The van der Waals surface area contributed by atoms with Crippen molar-refractivity contribution in [3.8, 4) is 0 Å². The topological polar surface area (TPSA) is 66.5 Å². The van der Waals surface area contributed by atoms with Crippen molar-refractivity contribution < 1.29 is 13.2 Å². The van der Waals surface area contributed by atoms with Crippen LogP contribution in [-0.2, 0) is 14.8 Å². The fourth-order valence-corrected chi connectivity index (χ4v) is 6.62. The van der Waals surface area contributed by atoms with Gasteiger partial charge >= 0.3 is 0 Å². The largest absolute Gasteiger partial charge is 0.349 e. The Morgan fingerprint density at radius 2 is 1.72 bits per heavy atom. The minimum absolute atomic E-state index is 0.0280. The summed E-state index contributed by atoms with van der Waals surface area (Å²) in [5.74, 6) is 0.855. The molecule has 5 nitrogen and oxygen atoms in total. The lowest BCUT2D eigenvalue weighted by atomic mass is 9.95. The van der Waals surface area contributed by atoms with Crippen molar-refractivity contribution in [1.82, 2.24) is 9.62 Å². The Kier molecular flexibility index (Phi) is 6.20. The van der Waals surface area contributed by atoms with E-state index in [4.69, 9.17) is 11.6 Å². The van der Waals surface area contributed by atoms with Crippen LogP contribution in [0.4, 0.5) is 0 Å². The maximum Gasteiger partial charge on any atom is 0.243 e. The van der Waals surface area contributed by atoms with E-state index in [1.165, 1.54) is 26.9 Å². The van der Waals surface area contributed by atoms with Gasteiger partial charge in [-0.15, -0.1) is 11.8 Å². The van der Waals surface area contributed by atoms with Gasteiger partial charge in [0, 0.05) is 34.7 Å². The summed E-state index contributed by atoms with van der Waals surface area (Å²) in [7, 11) is -3.55. The molecule has 2 heterocycles. The zero-order chi connectivity index (χ0) is 20.4. The van der Waals surface area contributed by atoms with Crippen LogP contribution in [0.25, 0.3) is 0 Å². The Balaban J connectivity index is 1.37. The molecule has 1 amide bonds. The number of hydrogen-bond acceptors (Lipinski definition) is 4. The van der Waals surface area contributed by atoms with Gasteiger partial charge in [-0.2, -0.15) is 4.31 Å². The van der Waals surface area contributed by atoms with Crippen LogP contribution in [0, 0.1) is 5.92 Å². The zero-order valence-corrected chi connectivity index (χ0v) is 18.3. The van der Waals surface area contributed by atoms with Crippen molar-refractivity contribution in [2.75, 3.05) is 18.8 Å². The van der Waals surface area contributed by atoms with Gasteiger partial charge in [-0.1, -0.05) is 29.8 Å². The smallest absolute Gasteiger partial charge is 0.243 e. The predicted molar refractivity (Wildman–Crippen MR) is 116 cm³/mol. The maximum atomic E-state index is 12.8. The molecule has 1 fully saturated rings. The molecular weight excluding hydrogens is 428 g/mol. The summed E-state index contributed by atoms with van der Waals surface area (Å²) in [4.78, 5) is 14.3. The van der Waals surface area contributed by atoms with Gasteiger partial charge in [0.15, 0.2) is 0 Å². The van der Waals surface area contributed by atoms with E-state index in [2.05, 4.69) is 17.4 Å². The Morgan fingerprint density at radius 1 is 1.03 bits per heavy atom. The van der Waals surface area contributed by atoms with E-state index >= 15 is 0 Å². The molecule has 2 aliphatic rings. The number of carbonyl (C=O) groups is 1. The van der Waals surface area contributed by atoms with E-state index < -0.39 is 10.0 Å². The first-order chi connectivity index (χ1) is 13.9. The summed E-state index contributed by atoms with van der Waals surface area (Å²) < 4.78 is 27.1. The second kappa shape index (κ2) is 8.68. The molecule has 0 radical (unpaired) electrons. The number of nitrogens with zero attached hydrogens (tertiary/aromatic N) is 1. The Morgan fingerprint density at radius 3 is 2.45 bits per heavy atom. The van der Waals surface area contributed by atoms with Crippen LogP contribution in [0.5, 0.6) is 0 Å².